The molecule has 0 bridgehead atoms. The lowest BCUT2D eigenvalue weighted by Crippen LogP contribution is -2.29. The number of esters is 1. The highest BCUT2D eigenvalue weighted by Crippen LogP contribution is 2.45. The summed E-state index contributed by atoms with van der Waals surface area (Å²) in [6.45, 7) is 0. The summed E-state index contributed by atoms with van der Waals surface area (Å²) in [5, 5.41) is 11.1. The van der Waals surface area contributed by atoms with Gasteiger partial charge in [-0.05, 0) is 48.5 Å². The molecule has 1 unspecified atom stereocenters. The number of halogens is 1. The number of ether oxygens (including phenoxy) is 2. The molecule has 172 valence electrons. The van der Waals surface area contributed by atoms with E-state index < -0.39 is 35.3 Å². The Bertz CT molecular complexity index is 1310. The zero-order chi connectivity index (χ0) is 24.4. The zero-order valence-electron chi connectivity index (χ0n) is 18.3. The largest absolute Gasteiger partial charge is 0.507 e. The standard InChI is InChI=1S/C26H20FNO6/c1-33-20-9-4-3-8-19(20)22-21(23(29)15-10-12-17(27)13-11-15)24(30)25(31)28(22)18-7-5-6-16(14-18)26(32)34-2/h3-14,22,29H,1-2H3/b23-21+. The lowest BCUT2D eigenvalue weighted by Gasteiger charge is -2.27. The molecule has 7 nitrogen and oxygen atoms in total. The summed E-state index contributed by atoms with van der Waals surface area (Å²) in [6, 6.07) is 16.7. The van der Waals surface area contributed by atoms with E-state index in [0.717, 1.165) is 12.1 Å². The Balaban J connectivity index is 1.97. The number of rotatable bonds is 5. The smallest absolute Gasteiger partial charge is 0.337 e. The van der Waals surface area contributed by atoms with Gasteiger partial charge in [-0.1, -0.05) is 24.3 Å². The topological polar surface area (TPSA) is 93.1 Å². The van der Waals surface area contributed by atoms with Crippen molar-refractivity contribution in [3.63, 3.8) is 0 Å². The van der Waals surface area contributed by atoms with Crippen LogP contribution in [0.3, 0.4) is 0 Å². The minimum atomic E-state index is -1.07. The SMILES string of the molecule is COC(=O)c1cccc(N2C(=O)C(=O)/C(=C(/O)c3ccc(F)cc3)C2c2ccccc2OC)c1. The van der Waals surface area contributed by atoms with Gasteiger partial charge in [0.15, 0.2) is 0 Å². The maximum atomic E-state index is 13.4. The number of amides is 1. The second-order valence-electron chi connectivity index (χ2n) is 7.46. The average molecular weight is 461 g/mol. The van der Waals surface area contributed by atoms with Gasteiger partial charge in [0.1, 0.15) is 17.3 Å². The van der Waals surface area contributed by atoms with Crippen molar-refractivity contribution in [3.05, 3.63) is 101 Å². The Morgan fingerprint density at radius 3 is 2.32 bits per heavy atom. The molecule has 1 fully saturated rings. The fraction of sp³-hybridized carbons (Fsp3) is 0.115. The number of hydrogen-bond acceptors (Lipinski definition) is 6. The fourth-order valence-electron chi connectivity index (χ4n) is 3.95. The van der Waals surface area contributed by atoms with E-state index in [9.17, 15) is 23.9 Å². The minimum absolute atomic E-state index is 0.169. The van der Waals surface area contributed by atoms with Crippen LogP contribution in [-0.4, -0.2) is 37.0 Å². The quantitative estimate of drug-likeness (QED) is 0.264. The van der Waals surface area contributed by atoms with Crippen LogP contribution in [0.1, 0.15) is 27.5 Å². The average Bonchev–Trinajstić information content (AvgIpc) is 3.13. The molecule has 0 radical (unpaired) electrons. The van der Waals surface area contributed by atoms with Crippen molar-refractivity contribution in [3.8, 4) is 5.75 Å². The summed E-state index contributed by atoms with van der Waals surface area (Å²) in [6.07, 6.45) is 0. The second-order valence-corrected chi connectivity index (χ2v) is 7.46. The molecule has 0 aromatic heterocycles. The van der Waals surface area contributed by atoms with Crippen LogP contribution in [0.4, 0.5) is 10.1 Å². The molecule has 0 aliphatic carbocycles. The van der Waals surface area contributed by atoms with Gasteiger partial charge in [-0.3, -0.25) is 14.5 Å². The fourth-order valence-corrected chi connectivity index (χ4v) is 3.95. The number of ketones is 1. The monoisotopic (exact) mass is 461 g/mol. The van der Waals surface area contributed by atoms with Gasteiger partial charge in [0.05, 0.1) is 31.4 Å². The molecule has 0 saturated carbocycles. The van der Waals surface area contributed by atoms with Gasteiger partial charge < -0.3 is 14.6 Å². The predicted octanol–water partition coefficient (Wildman–Crippen LogP) is 4.25. The van der Waals surface area contributed by atoms with E-state index >= 15 is 0 Å². The number of methoxy groups -OCH3 is 2. The van der Waals surface area contributed by atoms with Crippen LogP contribution in [0.15, 0.2) is 78.4 Å². The summed E-state index contributed by atoms with van der Waals surface area (Å²) in [5.74, 6) is -3.03. The molecule has 1 N–H and O–H groups in total. The maximum absolute atomic E-state index is 13.4. The van der Waals surface area contributed by atoms with E-state index in [4.69, 9.17) is 9.47 Å². The summed E-state index contributed by atoms with van der Waals surface area (Å²) in [4.78, 5) is 39.7. The second kappa shape index (κ2) is 9.19. The van der Waals surface area contributed by atoms with Gasteiger partial charge >= 0.3 is 5.97 Å². The van der Waals surface area contributed by atoms with Crippen LogP contribution in [0.5, 0.6) is 5.75 Å². The van der Waals surface area contributed by atoms with Crippen molar-refractivity contribution in [2.24, 2.45) is 0 Å². The van der Waals surface area contributed by atoms with Crippen LogP contribution >= 0.6 is 0 Å². The van der Waals surface area contributed by atoms with Crippen molar-refractivity contribution >= 4 is 29.1 Å². The number of Topliss-reactive ketones (excluding diaryl/α,β-unsaturated/α-hetero) is 1. The lowest BCUT2D eigenvalue weighted by atomic mass is 9.94. The normalized spacial score (nSPS) is 17.0. The maximum Gasteiger partial charge on any atom is 0.337 e. The molecule has 1 aliphatic rings. The first-order valence-electron chi connectivity index (χ1n) is 10.3. The van der Waals surface area contributed by atoms with Gasteiger partial charge in [-0.15, -0.1) is 0 Å². The molecule has 4 rings (SSSR count). The molecule has 1 amide bonds. The molecule has 3 aromatic rings. The third-order valence-corrected chi connectivity index (χ3v) is 5.54. The Labute approximate surface area is 194 Å². The molecular formula is C26H20FNO6. The van der Waals surface area contributed by atoms with Crippen molar-refractivity contribution < 1.29 is 33.4 Å². The van der Waals surface area contributed by atoms with E-state index in [0.29, 0.717) is 11.3 Å². The summed E-state index contributed by atoms with van der Waals surface area (Å²) in [7, 11) is 2.68. The highest BCUT2D eigenvalue weighted by Gasteiger charge is 2.48. The molecule has 1 atom stereocenters. The van der Waals surface area contributed by atoms with Gasteiger partial charge in [0.25, 0.3) is 11.7 Å². The number of nitrogens with zero attached hydrogens (tertiary/aromatic N) is 1. The number of aliphatic hydroxyl groups excluding tert-OH is 1. The zero-order valence-corrected chi connectivity index (χ0v) is 18.3. The van der Waals surface area contributed by atoms with E-state index in [1.807, 2.05) is 0 Å². The highest BCUT2D eigenvalue weighted by atomic mass is 19.1. The number of benzene rings is 3. The van der Waals surface area contributed by atoms with E-state index in [-0.39, 0.29) is 22.4 Å². The van der Waals surface area contributed by atoms with Gasteiger partial charge in [-0.2, -0.15) is 0 Å². The Hall–Kier alpha value is -4.46. The van der Waals surface area contributed by atoms with Crippen LogP contribution < -0.4 is 9.64 Å². The third-order valence-electron chi connectivity index (χ3n) is 5.54. The summed E-state index contributed by atoms with van der Waals surface area (Å²) >= 11 is 0. The highest BCUT2D eigenvalue weighted by molar-refractivity contribution is 6.51. The van der Waals surface area contributed by atoms with Crippen molar-refractivity contribution in [1.82, 2.24) is 0 Å². The van der Waals surface area contributed by atoms with Gasteiger partial charge in [-0.25, -0.2) is 9.18 Å². The Morgan fingerprint density at radius 1 is 0.941 bits per heavy atom. The van der Waals surface area contributed by atoms with E-state index in [2.05, 4.69) is 0 Å². The first kappa shape index (κ1) is 22.7. The molecular weight excluding hydrogens is 441 g/mol. The predicted molar refractivity (Wildman–Crippen MR) is 122 cm³/mol. The van der Waals surface area contributed by atoms with Gasteiger partial charge in [0, 0.05) is 16.8 Å². The molecule has 1 saturated heterocycles. The molecule has 3 aromatic carbocycles. The molecule has 34 heavy (non-hydrogen) atoms. The summed E-state index contributed by atoms with van der Waals surface area (Å²) < 4.78 is 23.7. The number of carbonyl (C=O) groups is 3. The van der Waals surface area contributed by atoms with Crippen molar-refractivity contribution in [2.45, 2.75) is 6.04 Å². The summed E-state index contributed by atoms with van der Waals surface area (Å²) in [5.41, 5.74) is 0.849. The number of hydrogen-bond donors (Lipinski definition) is 1. The Kier molecular flexibility index (Phi) is 6.14. The number of para-hydroxylation sites is 1. The van der Waals surface area contributed by atoms with Crippen molar-refractivity contribution in [2.75, 3.05) is 19.1 Å². The molecule has 8 heteroatoms. The number of carbonyl (C=O) groups excluding carboxylic acids is 3. The molecule has 1 heterocycles. The third kappa shape index (κ3) is 3.90. The lowest BCUT2D eigenvalue weighted by molar-refractivity contribution is -0.132. The first-order valence-corrected chi connectivity index (χ1v) is 10.3. The van der Waals surface area contributed by atoms with Crippen molar-refractivity contribution in [1.29, 1.82) is 0 Å². The van der Waals surface area contributed by atoms with Crippen LogP contribution in [0.2, 0.25) is 0 Å². The number of anilines is 1. The molecule has 0 spiro atoms. The van der Waals surface area contributed by atoms with Crippen LogP contribution in [0.25, 0.3) is 5.76 Å². The number of aliphatic hydroxyl groups is 1. The van der Waals surface area contributed by atoms with E-state index in [1.54, 1.807) is 36.4 Å². The van der Waals surface area contributed by atoms with E-state index in [1.165, 1.54) is 43.4 Å². The minimum Gasteiger partial charge on any atom is -0.507 e. The van der Waals surface area contributed by atoms with Crippen LogP contribution in [0, 0.1) is 5.82 Å². The van der Waals surface area contributed by atoms with Crippen LogP contribution in [-0.2, 0) is 14.3 Å². The Morgan fingerprint density at radius 2 is 1.65 bits per heavy atom. The van der Waals surface area contributed by atoms with Gasteiger partial charge in [0.2, 0.25) is 0 Å². The molecule has 1 aliphatic heterocycles. The first-order chi connectivity index (χ1) is 16.4.